The molecule has 0 saturated heterocycles. The van der Waals surface area contributed by atoms with Crippen molar-refractivity contribution in [1.29, 1.82) is 10.5 Å². The molecule has 10 nitrogen and oxygen atoms in total. The molecule has 52 heavy (non-hydrogen) atoms. The Hall–Kier alpha value is -5.50. The Labute approximate surface area is 302 Å². The molecule has 0 radical (unpaired) electrons. The van der Waals surface area contributed by atoms with Gasteiger partial charge in [-0.15, -0.1) is 0 Å². The number of hydrogen-bond acceptors (Lipinski definition) is 10. The Morgan fingerprint density at radius 1 is 0.558 bits per heavy atom. The van der Waals surface area contributed by atoms with Gasteiger partial charge >= 0.3 is 0 Å². The van der Waals surface area contributed by atoms with Crippen molar-refractivity contribution in [2.45, 2.75) is 37.3 Å². The third-order valence-corrected chi connectivity index (χ3v) is 10.5. The molecule has 2 aliphatic heterocycles. The summed E-state index contributed by atoms with van der Waals surface area (Å²) >= 11 is 0. The third-order valence-electron chi connectivity index (χ3n) is 9.32. The smallest absolute Gasteiger partial charge is 0.265 e. The lowest BCUT2D eigenvalue weighted by atomic mass is 9.76. The van der Waals surface area contributed by atoms with Gasteiger partial charge in [-0.2, -0.15) is 27.4 Å². The topological polar surface area (TPSA) is 153 Å². The SMILES string of the molecule is Cc1ccc(C2(OS(C)(=O)=O)c3cc4c(cc3OC2c2ccc(C#N)cc2)OC(c2ccc(C#N)cc2)C4(OS(C)(=O)=O)c2ccc(C)cc2)cc1. The van der Waals surface area contributed by atoms with Crippen molar-refractivity contribution in [3.8, 4) is 23.6 Å². The summed E-state index contributed by atoms with van der Waals surface area (Å²) in [5.74, 6) is 0.463. The van der Waals surface area contributed by atoms with Crippen LogP contribution in [0.4, 0.5) is 0 Å². The van der Waals surface area contributed by atoms with E-state index in [2.05, 4.69) is 12.1 Å². The average molecular weight is 733 g/mol. The first kappa shape index (κ1) is 34.9. The number of hydrogen-bond donors (Lipinski definition) is 0. The van der Waals surface area contributed by atoms with Gasteiger partial charge in [0.15, 0.2) is 23.4 Å². The zero-order valence-corrected chi connectivity index (χ0v) is 30.2. The maximum atomic E-state index is 13.3. The van der Waals surface area contributed by atoms with Crippen LogP contribution in [0.2, 0.25) is 0 Å². The Balaban J connectivity index is 1.57. The van der Waals surface area contributed by atoms with Crippen molar-refractivity contribution in [1.82, 2.24) is 0 Å². The van der Waals surface area contributed by atoms with E-state index < -0.39 is 43.6 Å². The molecular weight excluding hydrogens is 701 g/mol. The standard InChI is InChI=1S/C40H32N2O8S2/c1-25-5-17-31(18-6-25)39(49-51(3,43)44)33-21-34-36(22-35(33)47-37(39)29-13-9-27(23-41)10-14-29)48-38(30-15-11-28(24-42)12-16-30)40(34,50-52(4,45)46)32-19-7-26(2)8-20-32/h5-22,37-38H,1-4H3. The summed E-state index contributed by atoms with van der Waals surface area (Å²) in [6.45, 7) is 3.80. The van der Waals surface area contributed by atoms with Gasteiger partial charge in [0.2, 0.25) is 0 Å². The van der Waals surface area contributed by atoms with E-state index >= 15 is 0 Å². The van der Waals surface area contributed by atoms with E-state index in [1.807, 2.05) is 38.1 Å². The zero-order valence-electron chi connectivity index (χ0n) is 28.5. The summed E-state index contributed by atoms with van der Waals surface area (Å²) in [5, 5.41) is 19.0. The molecule has 2 heterocycles. The molecule has 12 heteroatoms. The molecule has 5 aromatic rings. The van der Waals surface area contributed by atoms with Crippen LogP contribution in [0, 0.1) is 36.5 Å². The highest BCUT2D eigenvalue weighted by molar-refractivity contribution is 7.86. The quantitative estimate of drug-likeness (QED) is 0.157. The highest BCUT2D eigenvalue weighted by atomic mass is 32.2. The minimum absolute atomic E-state index is 0.231. The van der Waals surface area contributed by atoms with Crippen LogP contribution in [0.1, 0.15) is 67.8 Å². The molecule has 0 saturated carbocycles. The molecular formula is C40H32N2O8S2. The van der Waals surface area contributed by atoms with Gasteiger partial charge in [-0.25, -0.2) is 8.37 Å². The number of fused-ring (bicyclic) bond motifs is 2. The molecule has 0 aromatic heterocycles. The van der Waals surface area contributed by atoms with Gasteiger partial charge in [0.05, 0.1) is 35.8 Å². The van der Waals surface area contributed by atoms with E-state index in [1.54, 1.807) is 84.9 Å². The second kappa shape index (κ2) is 12.6. The van der Waals surface area contributed by atoms with E-state index in [4.69, 9.17) is 17.8 Å². The third kappa shape index (κ3) is 6.00. The molecule has 5 aromatic carbocycles. The van der Waals surface area contributed by atoms with Gasteiger partial charge < -0.3 is 9.47 Å². The van der Waals surface area contributed by atoms with Gasteiger partial charge in [-0.1, -0.05) is 83.9 Å². The number of rotatable bonds is 8. The molecule has 4 atom stereocenters. The molecule has 262 valence electrons. The van der Waals surface area contributed by atoms with E-state index in [1.165, 1.54) is 0 Å². The Kier molecular flexibility index (Phi) is 8.48. The summed E-state index contributed by atoms with van der Waals surface area (Å²) in [6, 6.07) is 35.0. The first-order valence-electron chi connectivity index (χ1n) is 16.1. The molecule has 0 spiro atoms. The molecule has 4 unspecified atom stereocenters. The Bertz CT molecular complexity index is 2330. The van der Waals surface area contributed by atoms with Gasteiger partial charge in [-0.3, -0.25) is 0 Å². The van der Waals surface area contributed by atoms with Crippen LogP contribution < -0.4 is 9.47 Å². The molecule has 0 fully saturated rings. The van der Waals surface area contributed by atoms with Gasteiger partial charge in [0.1, 0.15) is 11.5 Å². The summed E-state index contributed by atoms with van der Waals surface area (Å²) in [7, 11) is -8.45. The van der Waals surface area contributed by atoms with E-state index in [0.717, 1.165) is 23.6 Å². The lowest BCUT2D eigenvalue weighted by molar-refractivity contribution is 0.0165. The fourth-order valence-electron chi connectivity index (χ4n) is 7.08. The first-order valence-corrected chi connectivity index (χ1v) is 19.8. The normalized spacial score (nSPS) is 22.0. The monoisotopic (exact) mass is 732 g/mol. The number of ether oxygens (including phenoxy) is 2. The van der Waals surface area contributed by atoms with E-state index in [-0.39, 0.29) is 22.6 Å². The first-order chi connectivity index (χ1) is 24.7. The highest BCUT2D eigenvalue weighted by Crippen LogP contribution is 2.62. The minimum atomic E-state index is -4.23. The summed E-state index contributed by atoms with van der Waals surface area (Å²) in [6.07, 6.45) is -0.266. The van der Waals surface area contributed by atoms with Crippen molar-refractivity contribution in [3.05, 3.63) is 165 Å². The van der Waals surface area contributed by atoms with Crippen LogP contribution in [0.3, 0.4) is 0 Å². The summed E-state index contributed by atoms with van der Waals surface area (Å²) < 4.78 is 79.1. The second-order valence-electron chi connectivity index (χ2n) is 13.1. The predicted molar refractivity (Wildman–Crippen MR) is 191 cm³/mol. The Morgan fingerprint density at radius 3 is 1.21 bits per heavy atom. The van der Waals surface area contributed by atoms with E-state index in [0.29, 0.717) is 33.4 Å². The molecule has 0 aliphatic carbocycles. The number of nitrogens with zero attached hydrogens (tertiary/aromatic N) is 2. The van der Waals surface area contributed by atoms with Crippen LogP contribution in [0.15, 0.2) is 109 Å². The van der Waals surface area contributed by atoms with Gasteiger partial charge in [-0.05, 0) is 66.4 Å². The van der Waals surface area contributed by atoms with Gasteiger partial charge in [0, 0.05) is 17.2 Å². The number of benzene rings is 5. The summed E-state index contributed by atoms with van der Waals surface area (Å²) in [5.41, 5.74) is 1.46. The van der Waals surface area contributed by atoms with Crippen molar-refractivity contribution in [2.75, 3.05) is 12.5 Å². The van der Waals surface area contributed by atoms with Crippen LogP contribution in [-0.4, -0.2) is 29.3 Å². The second-order valence-corrected chi connectivity index (χ2v) is 16.2. The van der Waals surface area contributed by atoms with E-state index in [9.17, 15) is 27.4 Å². The predicted octanol–water partition coefficient (Wildman–Crippen LogP) is 6.75. The lowest BCUT2D eigenvalue weighted by Gasteiger charge is -2.36. The largest absolute Gasteiger partial charge is 0.481 e. The van der Waals surface area contributed by atoms with Crippen LogP contribution >= 0.6 is 0 Å². The number of aryl methyl sites for hydroxylation is 2. The van der Waals surface area contributed by atoms with Crippen molar-refractivity contribution in [3.63, 3.8) is 0 Å². The fraction of sp³-hybridized carbons (Fsp3) is 0.200. The number of nitriles is 2. The maximum Gasteiger partial charge on any atom is 0.265 e. The molecule has 2 aliphatic rings. The molecule has 0 amide bonds. The van der Waals surface area contributed by atoms with Crippen molar-refractivity contribution < 1.29 is 34.7 Å². The fourth-order valence-corrected chi connectivity index (χ4v) is 8.58. The van der Waals surface area contributed by atoms with Crippen molar-refractivity contribution in [2.24, 2.45) is 0 Å². The Morgan fingerprint density at radius 2 is 0.904 bits per heavy atom. The molecule has 7 rings (SSSR count). The molecule has 0 N–H and O–H groups in total. The minimum Gasteiger partial charge on any atom is -0.481 e. The summed E-state index contributed by atoms with van der Waals surface area (Å²) in [4.78, 5) is 0. The van der Waals surface area contributed by atoms with Crippen LogP contribution in [0.25, 0.3) is 0 Å². The van der Waals surface area contributed by atoms with Crippen LogP contribution in [0.5, 0.6) is 11.5 Å². The lowest BCUT2D eigenvalue weighted by Crippen LogP contribution is -2.39. The molecule has 0 bridgehead atoms. The van der Waals surface area contributed by atoms with Crippen LogP contribution in [-0.2, 0) is 39.8 Å². The zero-order chi connectivity index (χ0) is 37.1. The highest BCUT2D eigenvalue weighted by Gasteiger charge is 2.60. The van der Waals surface area contributed by atoms with Crippen molar-refractivity contribution >= 4 is 20.2 Å². The van der Waals surface area contributed by atoms with Gasteiger partial charge in [0.25, 0.3) is 20.2 Å². The maximum absolute atomic E-state index is 13.3. The average Bonchev–Trinajstić information content (AvgIpc) is 3.59.